The Bertz CT molecular complexity index is 6.00. The van der Waals surface area contributed by atoms with Gasteiger partial charge in [-0.1, -0.05) is 0 Å². The third-order valence-corrected chi connectivity index (χ3v) is 0. The fourth-order valence-electron chi connectivity index (χ4n) is 0. The normalized spacial score (nSPS) is 3.50. The van der Waals surface area contributed by atoms with Crippen molar-refractivity contribution in [2.45, 2.75) is 0 Å². The van der Waals surface area contributed by atoms with Crippen molar-refractivity contribution in [3.63, 3.8) is 0 Å². The van der Waals surface area contributed by atoms with Crippen LogP contribution in [0.3, 0.4) is 0 Å². The van der Waals surface area contributed by atoms with Crippen molar-refractivity contribution >= 4 is 17.2 Å². The summed E-state index contributed by atoms with van der Waals surface area (Å²) in [6.07, 6.45) is 0. The molecule has 0 amide bonds. The Labute approximate surface area is 43.8 Å². The Kier molecular flexibility index (Phi) is 20.0. The van der Waals surface area contributed by atoms with E-state index in [0.29, 0.717) is 0 Å². The van der Waals surface area contributed by atoms with Crippen molar-refractivity contribution in [2.75, 3.05) is 0 Å². The molecule has 0 atom stereocenters. The van der Waals surface area contributed by atoms with Crippen LogP contribution in [0.5, 0.6) is 0 Å². The van der Waals surface area contributed by atoms with Gasteiger partial charge < -0.3 is 6.15 Å². The Morgan fingerprint density at radius 2 is 1.25 bits per heavy atom. The molecule has 0 aromatic rings. The van der Waals surface area contributed by atoms with Crippen molar-refractivity contribution in [1.29, 1.82) is 0 Å². The number of hydrogen-bond donors (Lipinski definition) is 1. The van der Waals surface area contributed by atoms with Crippen LogP contribution in [-0.4, -0.2) is 0 Å². The predicted octanol–water partition coefficient (Wildman–Crippen LogP) is 1.54. The molecule has 4 heavy (non-hydrogen) atoms. The molecule has 0 aliphatic heterocycles. The molecular weight excluding hydrogens is 263 g/mol. The van der Waals surface area contributed by atoms with Crippen LogP contribution in [0.4, 0.5) is 0 Å². The zero-order chi connectivity index (χ0) is 2.71. The van der Waals surface area contributed by atoms with Gasteiger partial charge in [0.1, 0.15) is 0 Å². The van der Waals surface area contributed by atoms with E-state index in [9.17, 15) is 0 Å². The Morgan fingerprint density at radius 3 is 1.25 bits per heavy atom. The van der Waals surface area contributed by atoms with Gasteiger partial charge in [0.2, 0.25) is 0 Å². The Morgan fingerprint density at radius 1 is 1.25 bits per heavy atom. The third kappa shape index (κ3) is 9.96. The second kappa shape index (κ2) is 8.83. The van der Waals surface area contributed by atoms with Crippen LogP contribution in [-0.2, 0) is 20.5 Å². The Hall–Kier alpha value is 1.41. The molecule has 0 spiro atoms. The average molecular weight is 266 g/mol. The van der Waals surface area contributed by atoms with Gasteiger partial charge >= 0.3 is 37.7 Å². The van der Waals surface area contributed by atoms with Crippen molar-refractivity contribution < 1.29 is 20.5 Å². The van der Waals surface area contributed by atoms with Gasteiger partial charge in [-0.25, -0.2) is 0 Å². The molecule has 0 saturated heterocycles. The maximum atomic E-state index is 4.96. The van der Waals surface area contributed by atoms with Gasteiger partial charge in [0.25, 0.3) is 0 Å². The first kappa shape index (κ1) is 9.05. The molecule has 0 aliphatic rings. The number of halogens is 2. The summed E-state index contributed by atoms with van der Waals surface area (Å²) in [5, 5.41) is 0. The summed E-state index contributed by atoms with van der Waals surface area (Å²) in [4.78, 5) is 0. The summed E-state index contributed by atoms with van der Waals surface area (Å²) in [5.41, 5.74) is 0. The van der Waals surface area contributed by atoms with E-state index < -0.39 is 20.5 Å². The van der Waals surface area contributed by atoms with E-state index in [0.717, 1.165) is 0 Å². The van der Waals surface area contributed by atoms with Gasteiger partial charge in [-0.2, -0.15) is 0 Å². The van der Waals surface area contributed by atoms with Crippen LogP contribution in [0.25, 0.3) is 0 Å². The monoisotopic (exact) mass is 267 g/mol. The Balaban J connectivity index is 0. The molecule has 0 heterocycles. The first-order valence-corrected chi connectivity index (χ1v) is 9.28. The first-order chi connectivity index (χ1) is 1.41. The number of hydrogen-bond acceptors (Lipinski definition) is 1. The molecule has 0 aromatic carbocycles. The molecule has 26 valence electrons. The van der Waals surface area contributed by atoms with Crippen LogP contribution < -0.4 is 6.15 Å². The van der Waals surface area contributed by atoms with Crippen molar-refractivity contribution in [3.8, 4) is 0 Å². The van der Waals surface area contributed by atoms with Crippen LogP contribution in [0.1, 0.15) is 0 Å². The van der Waals surface area contributed by atoms with Gasteiger partial charge in [-0.3, -0.25) is 0 Å². The van der Waals surface area contributed by atoms with E-state index in [1.165, 1.54) is 0 Å². The van der Waals surface area contributed by atoms with E-state index in [2.05, 4.69) is 0 Å². The molecule has 0 aliphatic carbocycles. The molecule has 3 N–H and O–H groups in total. The molecule has 1 nitrogen and oxygen atoms in total. The standard InChI is InChI=1S/2ClH.Hf.H3N/h2*1H;;1H3/q;;+2;/p-2. The van der Waals surface area contributed by atoms with Gasteiger partial charge in [-0.15, -0.1) is 0 Å². The van der Waals surface area contributed by atoms with Gasteiger partial charge in [0.15, 0.2) is 0 Å². The number of rotatable bonds is 0. The fourth-order valence-corrected chi connectivity index (χ4v) is 0. The summed E-state index contributed by atoms with van der Waals surface area (Å²) in [6.45, 7) is 0. The second-order valence-electron chi connectivity index (χ2n) is 0.0714. The SMILES string of the molecule is N.[Cl][Hf][Cl]. The van der Waals surface area contributed by atoms with Crippen molar-refractivity contribution in [2.24, 2.45) is 0 Å². The van der Waals surface area contributed by atoms with E-state index in [1.807, 2.05) is 0 Å². The average Bonchev–Trinajstić information content (AvgIpc) is 0.918. The van der Waals surface area contributed by atoms with E-state index >= 15 is 0 Å². The molecular formula is H3Cl2HfN. The summed E-state index contributed by atoms with van der Waals surface area (Å²) in [5.74, 6) is 0. The van der Waals surface area contributed by atoms with Crippen LogP contribution >= 0.6 is 17.2 Å². The molecule has 0 aromatic heterocycles. The van der Waals surface area contributed by atoms with Crippen molar-refractivity contribution in [3.05, 3.63) is 0 Å². The van der Waals surface area contributed by atoms with Crippen molar-refractivity contribution in [1.82, 2.24) is 6.15 Å². The zero-order valence-electron chi connectivity index (χ0n) is 1.96. The van der Waals surface area contributed by atoms with Gasteiger partial charge in [0.05, 0.1) is 0 Å². The minimum absolute atomic E-state index is 0. The molecule has 4 heteroatoms. The van der Waals surface area contributed by atoms with Crippen LogP contribution in [0, 0.1) is 0 Å². The van der Waals surface area contributed by atoms with E-state index in [4.69, 9.17) is 17.2 Å². The third-order valence-electron chi connectivity index (χ3n) is 0. The molecule has 0 rings (SSSR count). The summed E-state index contributed by atoms with van der Waals surface area (Å²) >= 11 is -0.972. The summed E-state index contributed by atoms with van der Waals surface area (Å²) < 4.78 is 0. The van der Waals surface area contributed by atoms with E-state index in [1.54, 1.807) is 0 Å². The molecule has 0 fully saturated rings. The maximum absolute atomic E-state index is 4.96. The minimum atomic E-state index is -0.972. The molecule has 0 radical (unpaired) electrons. The molecule has 0 unspecified atom stereocenters. The first-order valence-electron chi connectivity index (χ1n) is 0.378. The zero-order valence-corrected chi connectivity index (χ0v) is 7.07. The summed E-state index contributed by atoms with van der Waals surface area (Å²) in [6, 6.07) is 0. The van der Waals surface area contributed by atoms with Crippen LogP contribution in [0.2, 0.25) is 0 Å². The van der Waals surface area contributed by atoms with Gasteiger partial charge in [-0.05, 0) is 0 Å². The topological polar surface area (TPSA) is 35.0 Å². The summed E-state index contributed by atoms with van der Waals surface area (Å²) in [7, 11) is 9.92. The fraction of sp³-hybridized carbons (Fsp3) is 0. The molecule has 0 bridgehead atoms. The van der Waals surface area contributed by atoms with E-state index in [-0.39, 0.29) is 6.15 Å². The van der Waals surface area contributed by atoms with Crippen LogP contribution in [0.15, 0.2) is 0 Å². The quantitative estimate of drug-likeness (QED) is 0.663. The predicted molar refractivity (Wildman–Crippen MR) is 16.7 cm³/mol. The molecule has 0 saturated carbocycles. The second-order valence-corrected chi connectivity index (χ2v) is 5.26. The van der Waals surface area contributed by atoms with Gasteiger partial charge in [0, 0.05) is 0 Å².